The van der Waals surface area contributed by atoms with Crippen molar-refractivity contribution in [3.8, 4) is 0 Å². The van der Waals surface area contributed by atoms with Crippen LogP contribution in [0.4, 0.5) is 5.69 Å². The van der Waals surface area contributed by atoms with Gasteiger partial charge in [0.2, 0.25) is 5.91 Å². The number of anilines is 1. The summed E-state index contributed by atoms with van der Waals surface area (Å²) in [7, 11) is 0. The molecule has 5 nitrogen and oxygen atoms in total. The highest BCUT2D eigenvalue weighted by Crippen LogP contribution is 2.35. The number of nitrogens with two attached hydrogens (primary N) is 1. The second-order valence-electron chi connectivity index (χ2n) is 5.12. The third-order valence-electron chi connectivity index (χ3n) is 3.73. The van der Waals surface area contributed by atoms with Crippen LogP contribution in [0.25, 0.3) is 0 Å². The lowest BCUT2D eigenvalue weighted by Crippen LogP contribution is -2.47. The Bertz CT molecular complexity index is 516. The molecule has 1 aromatic carbocycles. The highest BCUT2D eigenvalue weighted by Gasteiger charge is 2.33. The van der Waals surface area contributed by atoms with Crippen molar-refractivity contribution in [1.29, 1.82) is 0 Å². The number of hydrogen-bond acceptors (Lipinski definition) is 3. The Kier molecular flexibility index (Phi) is 4.39. The molecule has 0 fully saturated rings. The number of aliphatic carboxylic acids is 1. The van der Waals surface area contributed by atoms with Gasteiger partial charge in [0.15, 0.2) is 0 Å². The Balaban J connectivity index is 2.32. The first-order valence-electron chi connectivity index (χ1n) is 6.95. The number of fused-ring (bicyclic) bond motifs is 1. The lowest BCUT2D eigenvalue weighted by Gasteiger charge is -2.34. The molecule has 108 valence electrons. The number of carboxylic acids is 1. The summed E-state index contributed by atoms with van der Waals surface area (Å²) in [6.45, 7) is 2.39. The molecule has 1 unspecified atom stereocenters. The van der Waals surface area contributed by atoms with Crippen molar-refractivity contribution in [3.63, 3.8) is 0 Å². The van der Waals surface area contributed by atoms with Gasteiger partial charge in [0.05, 0.1) is 12.0 Å². The highest BCUT2D eigenvalue weighted by molar-refractivity contribution is 5.99. The van der Waals surface area contributed by atoms with E-state index >= 15 is 0 Å². The van der Waals surface area contributed by atoms with Gasteiger partial charge in [-0.15, -0.1) is 0 Å². The Morgan fingerprint density at radius 1 is 1.45 bits per heavy atom. The van der Waals surface area contributed by atoms with Gasteiger partial charge in [-0.1, -0.05) is 31.5 Å². The second-order valence-corrected chi connectivity index (χ2v) is 5.12. The van der Waals surface area contributed by atoms with Crippen LogP contribution in [0.15, 0.2) is 24.3 Å². The smallest absolute Gasteiger partial charge is 0.311 e. The molecule has 1 aromatic rings. The van der Waals surface area contributed by atoms with Crippen LogP contribution in [0.5, 0.6) is 0 Å². The molecule has 1 amide bonds. The van der Waals surface area contributed by atoms with Gasteiger partial charge in [0, 0.05) is 12.2 Å². The van der Waals surface area contributed by atoms with Crippen LogP contribution in [0.3, 0.4) is 0 Å². The summed E-state index contributed by atoms with van der Waals surface area (Å²) in [6, 6.07) is 6.66. The molecule has 5 heteroatoms. The fourth-order valence-corrected chi connectivity index (χ4v) is 2.68. The van der Waals surface area contributed by atoms with E-state index in [1.807, 2.05) is 13.0 Å². The zero-order valence-electron chi connectivity index (χ0n) is 11.6. The minimum Gasteiger partial charge on any atom is -0.481 e. The maximum atomic E-state index is 12.4. The first kappa shape index (κ1) is 14.5. The second kappa shape index (κ2) is 6.05. The minimum atomic E-state index is -0.845. The number of para-hydroxylation sites is 1. The topological polar surface area (TPSA) is 83.6 Å². The van der Waals surface area contributed by atoms with Gasteiger partial charge in [-0.2, -0.15) is 0 Å². The molecule has 0 radical (unpaired) electrons. The molecule has 1 aliphatic heterocycles. The van der Waals surface area contributed by atoms with Gasteiger partial charge >= 0.3 is 5.97 Å². The van der Waals surface area contributed by atoms with Gasteiger partial charge in [0.25, 0.3) is 0 Å². The summed E-state index contributed by atoms with van der Waals surface area (Å²) in [5, 5.41) is 9.28. The largest absolute Gasteiger partial charge is 0.481 e. The molecule has 0 bridgehead atoms. The minimum absolute atomic E-state index is 0.122. The van der Waals surface area contributed by atoms with Crippen LogP contribution < -0.4 is 10.6 Å². The standard InChI is InChI=1S/C15H20N2O3/c1-2-5-12(16)14(18)17-9-8-11(15(19)20)10-6-3-4-7-13(10)17/h3-4,6-7,11-12H,2,5,8-9,16H2,1H3,(H,19,20)/t11?,12-/m1/s1. The van der Waals surface area contributed by atoms with Crippen molar-refractivity contribution in [2.24, 2.45) is 5.73 Å². The number of carboxylic acid groups (broad SMARTS) is 1. The van der Waals surface area contributed by atoms with Gasteiger partial charge in [-0.25, -0.2) is 0 Å². The van der Waals surface area contributed by atoms with Gasteiger partial charge < -0.3 is 15.7 Å². The summed E-state index contributed by atoms with van der Waals surface area (Å²) in [6.07, 6.45) is 1.91. The van der Waals surface area contributed by atoms with Crippen molar-refractivity contribution in [2.75, 3.05) is 11.4 Å². The molecule has 0 spiro atoms. The van der Waals surface area contributed by atoms with E-state index in [4.69, 9.17) is 5.73 Å². The fourth-order valence-electron chi connectivity index (χ4n) is 2.68. The number of carbonyl (C=O) groups is 2. The number of nitrogens with zero attached hydrogens (tertiary/aromatic N) is 1. The van der Waals surface area contributed by atoms with E-state index in [9.17, 15) is 14.7 Å². The third-order valence-corrected chi connectivity index (χ3v) is 3.73. The lowest BCUT2D eigenvalue weighted by molar-refractivity contribution is -0.139. The molecule has 0 saturated heterocycles. The molecular weight excluding hydrogens is 256 g/mol. The number of carbonyl (C=O) groups excluding carboxylic acids is 1. The van der Waals surface area contributed by atoms with E-state index in [0.717, 1.165) is 6.42 Å². The van der Waals surface area contributed by atoms with Crippen LogP contribution >= 0.6 is 0 Å². The first-order valence-corrected chi connectivity index (χ1v) is 6.95. The summed E-state index contributed by atoms with van der Waals surface area (Å²) in [4.78, 5) is 25.3. The Hall–Kier alpha value is -1.88. The lowest BCUT2D eigenvalue weighted by atomic mass is 9.89. The molecule has 1 aliphatic rings. The van der Waals surface area contributed by atoms with Gasteiger partial charge in [-0.3, -0.25) is 9.59 Å². The summed E-state index contributed by atoms with van der Waals surface area (Å²) in [5.74, 6) is -1.51. The Morgan fingerprint density at radius 2 is 2.15 bits per heavy atom. The van der Waals surface area contributed by atoms with E-state index in [1.54, 1.807) is 23.1 Å². The maximum Gasteiger partial charge on any atom is 0.311 e. The first-order chi connectivity index (χ1) is 9.56. The molecule has 0 saturated carbocycles. The van der Waals surface area contributed by atoms with Crippen molar-refractivity contribution in [2.45, 2.75) is 38.1 Å². The molecule has 0 aliphatic carbocycles. The molecule has 1 heterocycles. The molecule has 3 N–H and O–H groups in total. The zero-order chi connectivity index (χ0) is 14.7. The van der Waals surface area contributed by atoms with Gasteiger partial charge in [0.1, 0.15) is 0 Å². The molecule has 0 aromatic heterocycles. The number of rotatable bonds is 4. The van der Waals surface area contributed by atoms with Crippen molar-refractivity contribution in [1.82, 2.24) is 0 Å². The molecule has 2 atom stereocenters. The number of benzene rings is 1. The Labute approximate surface area is 118 Å². The summed E-state index contributed by atoms with van der Waals surface area (Å²) in [5.41, 5.74) is 7.28. The average molecular weight is 276 g/mol. The molecule has 2 rings (SSSR count). The maximum absolute atomic E-state index is 12.4. The van der Waals surface area contributed by atoms with E-state index < -0.39 is 17.9 Å². The van der Waals surface area contributed by atoms with Crippen LogP contribution in [-0.4, -0.2) is 29.6 Å². The van der Waals surface area contributed by atoms with Crippen molar-refractivity contribution in [3.05, 3.63) is 29.8 Å². The van der Waals surface area contributed by atoms with E-state index in [2.05, 4.69) is 0 Å². The summed E-state index contributed by atoms with van der Waals surface area (Å²) < 4.78 is 0. The third kappa shape index (κ3) is 2.67. The quantitative estimate of drug-likeness (QED) is 0.877. The average Bonchev–Trinajstić information content (AvgIpc) is 2.45. The monoisotopic (exact) mass is 276 g/mol. The van der Waals surface area contributed by atoms with Crippen LogP contribution in [-0.2, 0) is 9.59 Å². The molecular formula is C15H20N2O3. The van der Waals surface area contributed by atoms with Crippen LogP contribution in [0, 0.1) is 0 Å². The number of hydrogen-bond donors (Lipinski definition) is 2. The number of amides is 1. The fraction of sp³-hybridized carbons (Fsp3) is 0.467. The van der Waals surface area contributed by atoms with E-state index in [-0.39, 0.29) is 5.91 Å². The van der Waals surface area contributed by atoms with E-state index in [0.29, 0.717) is 30.6 Å². The SMILES string of the molecule is CCC[C@@H](N)C(=O)N1CCC(C(=O)O)c2ccccc21. The molecule has 20 heavy (non-hydrogen) atoms. The predicted molar refractivity (Wildman–Crippen MR) is 76.7 cm³/mol. The predicted octanol–water partition coefficient (Wildman–Crippen LogP) is 1.72. The van der Waals surface area contributed by atoms with Crippen molar-refractivity contribution >= 4 is 17.6 Å². The van der Waals surface area contributed by atoms with Crippen LogP contribution in [0.2, 0.25) is 0 Å². The van der Waals surface area contributed by atoms with E-state index in [1.165, 1.54) is 0 Å². The Morgan fingerprint density at radius 3 is 2.80 bits per heavy atom. The van der Waals surface area contributed by atoms with Gasteiger partial charge in [-0.05, 0) is 24.5 Å². The normalized spacial score (nSPS) is 19.3. The zero-order valence-corrected chi connectivity index (χ0v) is 11.6. The highest BCUT2D eigenvalue weighted by atomic mass is 16.4. The van der Waals surface area contributed by atoms with Crippen molar-refractivity contribution < 1.29 is 14.7 Å². The summed E-state index contributed by atoms with van der Waals surface area (Å²) >= 11 is 0. The van der Waals surface area contributed by atoms with Crippen LogP contribution in [0.1, 0.15) is 37.7 Å².